The van der Waals surface area contributed by atoms with Crippen LogP contribution in [0.1, 0.15) is 54.1 Å². The van der Waals surface area contributed by atoms with E-state index in [1.54, 1.807) is 41.4 Å². The Morgan fingerprint density at radius 1 is 0.925 bits per heavy atom. The molecule has 4 aromatic heterocycles. The fourth-order valence-electron chi connectivity index (χ4n) is 3.90. The number of aromatic nitrogens is 3. The molecule has 4 heterocycles. The minimum absolute atomic E-state index is 0.0355. The Morgan fingerprint density at radius 3 is 2.23 bits per heavy atom. The predicted molar refractivity (Wildman–Crippen MR) is 154 cm³/mol. The zero-order chi connectivity index (χ0) is 28.8. The fraction of sp³-hybridized carbons (Fsp3) is 0.138. The van der Waals surface area contributed by atoms with Crippen LogP contribution in [0.3, 0.4) is 0 Å². The summed E-state index contributed by atoms with van der Waals surface area (Å²) >= 11 is 3.08. The minimum Gasteiger partial charge on any atom is -0.478 e. The van der Waals surface area contributed by atoms with Gasteiger partial charge in [0.05, 0.1) is 28.9 Å². The highest BCUT2D eigenvalue weighted by Crippen LogP contribution is 2.31. The standard InChI is InChI=1S/C19H16N2O4S.C10H9NO2S/c1-3-13-6-11(4-5-20-13)17-21-16(9-26-17)12-7-14(18(22)23)10(2)15(8-12)19(24)25;12-10(13)8-3-4-11(6-8)7-9-2-1-5-14-9/h4-9H,3H2,1-2H3,(H,22,23)(H,24,25);1-6H,7H2,(H,12,13). The van der Waals surface area contributed by atoms with E-state index in [1.807, 2.05) is 41.1 Å². The van der Waals surface area contributed by atoms with Gasteiger partial charge in [0.25, 0.3) is 0 Å². The number of pyridine rings is 1. The number of benzene rings is 1. The maximum absolute atomic E-state index is 11.5. The van der Waals surface area contributed by atoms with Crippen molar-refractivity contribution in [1.29, 1.82) is 0 Å². The third-order valence-electron chi connectivity index (χ3n) is 6.01. The summed E-state index contributed by atoms with van der Waals surface area (Å²) in [6.45, 7) is 4.25. The predicted octanol–water partition coefficient (Wildman–Crippen LogP) is 6.44. The molecule has 1 aromatic carbocycles. The van der Waals surface area contributed by atoms with Crippen LogP contribution >= 0.6 is 22.7 Å². The van der Waals surface area contributed by atoms with E-state index in [1.165, 1.54) is 35.3 Å². The lowest BCUT2D eigenvalue weighted by Crippen LogP contribution is -2.07. The number of thiophene rings is 1. The number of rotatable bonds is 8. The van der Waals surface area contributed by atoms with Gasteiger partial charge in [-0.15, -0.1) is 22.7 Å². The SMILES string of the molecule is CCc1cc(-c2nc(-c3cc(C(=O)O)c(C)c(C(=O)O)c3)cs2)ccn1.O=C(O)c1ccn(Cc2cccs2)c1. The highest BCUT2D eigenvalue weighted by molar-refractivity contribution is 7.13. The van der Waals surface area contributed by atoms with E-state index in [2.05, 4.69) is 9.97 Å². The van der Waals surface area contributed by atoms with Crippen molar-refractivity contribution in [3.8, 4) is 21.8 Å². The Hall–Kier alpha value is -4.61. The summed E-state index contributed by atoms with van der Waals surface area (Å²) in [6, 6.07) is 12.4. The minimum atomic E-state index is -1.16. The number of carboxylic acid groups (broad SMARTS) is 3. The summed E-state index contributed by atoms with van der Waals surface area (Å²) in [6.07, 6.45) is 5.96. The maximum Gasteiger partial charge on any atom is 0.337 e. The van der Waals surface area contributed by atoms with Crippen LogP contribution < -0.4 is 0 Å². The average molecular weight is 576 g/mol. The Kier molecular flexibility index (Phi) is 8.87. The molecule has 0 amide bonds. The smallest absolute Gasteiger partial charge is 0.337 e. The number of hydrogen-bond donors (Lipinski definition) is 3. The Bertz CT molecular complexity index is 1640. The fourth-order valence-corrected chi connectivity index (χ4v) is 5.44. The van der Waals surface area contributed by atoms with Crippen molar-refractivity contribution < 1.29 is 29.7 Å². The van der Waals surface area contributed by atoms with E-state index in [9.17, 15) is 24.6 Å². The topological polar surface area (TPSA) is 143 Å². The van der Waals surface area contributed by atoms with Crippen molar-refractivity contribution in [2.45, 2.75) is 26.8 Å². The number of nitrogens with zero attached hydrogens (tertiary/aromatic N) is 3. The van der Waals surface area contributed by atoms with E-state index < -0.39 is 17.9 Å². The van der Waals surface area contributed by atoms with Gasteiger partial charge in [-0.3, -0.25) is 4.98 Å². The molecule has 0 bridgehead atoms. The van der Waals surface area contributed by atoms with Gasteiger partial charge in [0.2, 0.25) is 0 Å². The van der Waals surface area contributed by atoms with E-state index >= 15 is 0 Å². The Balaban J connectivity index is 0.000000222. The summed E-state index contributed by atoms with van der Waals surface area (Å²) in [7, 11) is 0. The molecule has 0 aliphatic carbocycles. The molecule has 0 unspecified atom stereocenters. The molecule has 9 nitrogen and oxygen atoms in total. The second-order valence-electron chi connectivity index (χ2n) is 8.69. The average Bonchev–Trinajstić information content (AvgIpc) is 3.72. The maximum atomic E-state index is 11.5. The van der Waals surface area contributed by atoms with Gasteiger partial charge < -0.3 is 19.9 Å². The molecule has 0 aliphatic heterocycles. The van der Waals surface area contributed by atoms with Crippen molar-refractivity contribution in [2.24, 2.45) is 0 Å². The molecule has 5 aromatic rings. The van der Waals surface area contributed by atoms with Crippen molar-refractivity contribution in [3.05, 3.63) is 105 Å². The van der Waals surface area contributed by atoms with Crippen molar-refractivity contribution >= 4 is 40.6 Å². The van der Waals surface area contributed by atoms with E-state index in [4.69, 9.17) is 5.11 Å². The first kappa shape index (κ1) is 28.4. The summed E-state index contributed by atoms with van der Waals surface area (Å²) in [5, 5.41) is 32.0. The van der Waals surface area contributed by atoms with Crippen molar-refractivity contribution in [3.63, 3.8) is 0 Å². The molecular formula is C29H25N3O6S2. The van der Waals surface area contributed by atoms with Crippen LogP contribution in [-0.2, 0) is 13.0 Å². The van der Waals surface area contributed by atoms with Gasteiger partial charge in [-0.25, -0.2) is 19.4 Å². The van der Waals surface area contributed by atoms with Crippen molar-refractivity contribution in [1.82, 2.24) is 14.5 Å². The van der Waals surface area contributed by atoms with Crippen LogP contribution in [0, 0.1) is 6.92 Å². The molecule has 0 atom stereocenters. The van der Waals surface area contributed by atoms with Gasteiger partial charge >= 0.3 is 17.9 Å². The summed E-state index contributed by atoms with van der Waals surface area (Å²) in [5.74, 6) is -3.21. The highest BCUT2D eigenvalue weighted by atomic mass is 32.1. The third-order valence-corrected chi connectivity index (χ3v) is 7.76. The Morgan fingerprint density at radius 2 is 1.65 bits per heavy atom. The highest BCUT2D eigenvalue weighted by Gasteiger charge is 2.19. The summed E-state index contributed by atoms with van der Waals surface area (Å²) in [5.41, 5.74) is 3.39. The number of aromatic carboxylic acids is 3. The second-order valence-corrected chi connectivity index (χ2v) is 10.6. The molecule has 0 radical (unpaired) electrons. The molecule has 0 saturated carbocycles. The van der Waals surface area contributed by atoms with Gasteiger partial charge in [-0.1, -0.05) is 13.0 Å². The van der Waals surface area contributed by atoms with Gasteiger partial charge in [-0.05, 0) is 60.7 Å². The Labute approximate surface area is 237 Å². The second kappa shape index (κ2) is 12.5. The van der Waals surface area contributed by atoms with Gasteiger partial charge in [-0.2, -0.15) is 0 Å². The first-order chi connectivity index (χ1) is 19.2. The first-order valence-electron chi connectivity index (χ1n) is 12.1. The number of thiazole rings is 1. The van der Waals surface area contributed by atoms with Crippen molar-refractivity contribution in [2.75, 3.05) is 0 Å². The quantitative estimate of drug-likeness (QED) is 0.192. The molecule has 5 rings (SSSR count). The van der Waals surface area contributed by atoms with Gasteiger partial charge in [0, 0.05) is 45.7 Å². The van der Waals surface area contributed by atoms with E-state index in [0.717, 1.165) is 29.2 Å². The van der Waals surface area contributed by atoms with Crippen LogP contribution in [0.5, 0.6) is 0 Å². The monoisotopic (exact) mass is 575 g/mol. The molecule has 204 valence electrons. The zero-order valence-electron chi connectivity index (χ0n) is 21.6. The zero-order valence-corrected chi connectivity index (χ0v) is 23.2. The number of hydrogen-bond acceptors (Lipinski definition) is 7. The summed E-state index contributed by atoms with van der Waals surface area (Å²) < 4.78 is 1.87. The van der Waals surface area contributed by atoms with Gasteiger partial charge in [0.1, 0.15) is 5.01 Å². The number of aryl methyl sites for hydroxylation is 1. The normalized spacial score (nSPS) is 10.6. The number of carboxylic acids is 3. The van der Waals surface area contributed by atoms with Crippen LogP contribution in [0.15, 0.2) is 71.8 Å². The van der Waals surface area contributed by atoms with Crippen LogP contribution in [0.4, 0.5) is 0 Å². The lowest BCUT2D eigenvalue weighted by Gasteiger charge is -2.08. The molecule has 0 spiro atoms. The molecule has 3 N–H and O–H groups in total. The van der Waals surface area contributed by atoms with Crippen LogP contribution in [0.2, 0.25) is 0 Å². The molecular weight excluding hydrogens is 550 g/mol. The van der Waals surface area contributed by atoms with E-state index in [-0.39, 0.29) is 16.7 Å². The molecule has 0 fully saturated rings. The lowest BCUT2D eigenvalue weighted by molar-refractivity contribution is 0.0681. The van der Waals surface area contributed by atoms with E-state index in [0.29, 0.717) is 16.8 Å². The van der Waals surface area contributed by atoms with Crippen LogP contribution in [-0.4, -0.2) is 47.8 Å². The lowest BCUT2D eigenvalue weighted by atomic mass is 9.97. The third kappa shape index (κ3) is 6.68. The first-order valence-corrected chi connectivity index (χ1v) is 13.9. The molecule has 0 saturated heterocycles. The molecule has 0 aliphatic rings. The summed E-state index contributed by atoms with van der Waals surface area (Å²) in [4.78, 5) is 43.6. The molecule has 40 heavy (non-hydrogen) atoms. The largest absolute Gasteiger partial charge is 0.478 e. The number of carbonyl (C=O) groups is 3. The van der Waals surface area contributed by atoms with Crippen LogP contribution in [0.25, 0.3) is 21.8 Å². The molecule has 11 heteroatoms. The van der Waals surface area contributed by atoms with Gasteiger partial charge in [0.15, 0.2) is 0 Å².